The normalized spacial score (nSPS) is 17.0. The van der Waals surface area contributed by atoms with E-state index in [4.69, 9.17) is 0 Å². The topological polar surface area (TPSA) is 44.3 Å². The van der Waals surface area contributed by atoms with Gasteiger partial charge in [-0.1, -0.05) is 12.1 Å². The quantitative estimate of drug-likeness (QED) is 0.911. The van der Waals surface area contributed by atoms with E-state index in [9.17, 15) is 4.39 Å². The van der Waals surface area contributed by atoms with Crippen LogP contribution in [-0.4, -0.2) is 48.1 Å². The van der Waals surface area contributed by atoms with Crippen LogP contribution in [0.15, 0.2) is 36.7 Å². The molecule has 1 N–H and O–H groups in total. The predicted molar refractivity (Wildman–Crippen MR) is 93.4 cm³/mol. The van der Waals surface area contributed by atoms with Gasteiger partial charge in [-0.3, -0.25) is 0 Å². The summed E-state index contributed by atoms with van der Waals surface area (Å²) in [6.07, 6.45) is 3.76. The van der Waals surface area contributed by atoms with Crippen LogP contribution < -0.4 is 10.2 Å². The summed E-state index contributed by atoms with van der Waals surface area (Å²) in [5.41, 5.74) is 2.10. The lowest BCUT2D eigenvalue weighted by atomic mass is 10.1. The first-order chi connectivity index (χ1) is 11.6. The monoisotopic (exact) mass is 329 g/mol. The molecule has 24 heavy (non-hydrogen) atoms. The highest BCUT2D eigenvalue weighted by molar-refractivity contribution is 5.30. The van der Waals surface area contributed by atoms with Crippen LogP contribution in [0.5, 0.6) is 0 Å². The van der Waals surface area contributed by atoms with Crippen molar-refractivity contribution in [2.24, 2.45) is 0 Å². The molecule has 0 spiro atoms. The van der Waals surface area contributed by atoms with E-state index < -0.39 is 0 Å². The maximum absolute atomic E-state index is 13.0. The van der Waals surface area contributed by atoms with Crippen molar-refractivity contribution in [3.05, 3.63) is 53.6 Å². The van der Waals surface area contributed by atoms with Crippen LogP contribution in [-0.2, 0) is 6.54 Å². The molecular weight excluding hydrogens is 305 g/mol. The highest BCUT2D eigenvalue weighted by Gasteiger charge is 2.16. The summed E-state index contributed by atoms with van der Waals surface area (Å²) in [6.45, 7) is 6.77. The number of piperazine rings is 1. The summed E-state index contributed by atoms with van der Waals surface area (Å²) in [6, 6.07) is 6.73. The minimum Gasteiger partial charge on any atom is -0.338 e. The molecule has 3 rings (SSSR count). The lowest BCUT2D eigenvalue weighted by Gasteiger charge is -2.32. The summed E-state index contributed by atoms with van der Waals surface area (Å²) in [4.78, 5) is 13.5. The fourth-order valence-electron chi connectivity index (χ4n) is 2.75. The molecule has 0 saturated carbocycles. The molecule has 0 amide bonds. The van der Waals surface area contributed by atoms with Gasteiger partial charge in [0.25, 0.3) is 0 Å². The number of hydrogen-bond donors (Lipinski definition) is 1. The van der Waals surface area contributed by atoms with E-state index in [1.54, 1.807) is 12.1 Å². The highest BCUT2D eigenvalue weighted by atomic mass is 19.1. The number of halogens is 1. The minimum atomic E-state index is -0.209. The zero-order valence-electron chi connectivity index (χ0n) is 14.2. The van der Waals surface area contributed by atoms with Crippen molar-refractivity contribution in [1.82, 2.24) is 20.2 Å². The third-order valence-corrected chi connectivity index (χ3v) is 4.46. The van der Waals surface area contributed by atoms with Gasteiger partial charge in [0.15, 0.2) is 0 Å². The van der Waals surface area contributed by atoms with Gasteiger partial charge in [0.1, 0.15) is 5.82 Å². The smallest absolute Gasteiger partial charge is 0.225 e. The number of nitrogens with zero attached hydrogens (tertiary/aromatic N) is 4. The molecule has 128 valence electrons. The SMILES string of the molecule is C[C@@H](NCc1cnc(N2CCN(C)CC2)nc1)c1ccc(F)cc1. The second kappa shape index (κ2) is 7.68. The molecule has 6 heteroatoms. The summed E-state index contributed by atoms with van der Waals surface area (Å²) in [5.74, 6) is 0.595. The molecule has 1 saturated heterocycles. The van der Waals surface area contributed by atoms with E-state index in [1.807, 2.05) is 12.4 Å². The standard InChI is InChI=1S/C18H24FN5/c1-14(16-3-5-17(19)6-4-16)20-11-15-12-21-18(22-13-15)24-9-7-23(2)8-10-24/h3-6,12-14,20H,7-11H2,1-2H3/t14-/m1/s1. The zero-order chi connectivity index (χ0) is 16.9. The summed E-state index contributed by atoms with van der Waals surface area (Å²) >= 11 is 0. The van der Waals surface area contributed by atoms with Gasteiger partial charge in [-0.05, 0) is 31.7 Å². The maximum Gasteiger partial charge on any atom is 0.225 e. The second-order valence-electron chi connectivity index (χ2n) is 6.34. The van der Waals surface area contributed by atoms with Crippen LogP contribution in [0.25, 0.3) is 0 Å². The molecule has 0 radical (unpaired) electrons. The number of likely N-dealkylation sites (N-methyl/N-ethyl adjacent to an activating group) is 1. The Hall–Kier alpha value is -2.05. The van der Waals surface area contributed by atoms with Gasteiger partial charge in [-0.15, -0.1) is 0 Å². The number of anilines is 1. The number of benzene rings is 1. The van der Waals surface area contributed by atoms with E-state index in [0.717, 1.165) is 43.3 Å². The molecule has 1 aromatic carbocycles. The van der Waals surface area contributed by atoms with E-state index in [2.05, 4.69) is 39.1 Å². The van der Waals surface area contributed by atoms with Crippen LogP contribution >= 0.6 is 0 Å². The zero-order valence-corrected chi connectivity index (χ0v) is 14.2. The Morgan fingerprint density at radius 1 is 1.08 bits per heavy atom. The first kappa shape index (κ1) is 16.8. The third kappa shape index (κ3) is 4.27. The number of rotatable bonds is 5. The molecule has 2 heterocycles. The largest absolute Gasteiger partial charge is 0.338 e. The predicted octanol–water partition coefficient (Wildman–Crippen LogP) is 2.22. The average molecular weight is 329 g/mol. The molecule has 1 fully saturated rings. The van der Waals surface area contributed by atoms with Gasteiger partial charge >= 0.3 is 0 Å². The van der Waals surface area contributed by atoms with E-state index in [-0.39, 0.29) is 11.9 Å². The van der Waals surface area contributed by atoms with Gasteiger partial charge in [-0.25, -0.2) is 14.4 Å². The second-order valence-corrected chi connectivity index (χ2v) is 6.34. The third-order valence-electron chi connectivity index (χ3n) is 4.46. The molecule has 0 unspecified atom stereocenters. The van der Waals surface area contributed by atoms with Gasteiger partial charge in [0.05, 0.1) is 0 Å². The Bertz CT molecular complexity index is 635. The molecule has 1 aliphatic heterocycles. The molecule has 0 bridgehead atoms. The summed E-state index contributed by atoms with van der Waals surface area (Å²) in [7, 11) is 2.13. The van der Waals surface area contributed by atoms with Crippen molar-refractivity contribution < 1.29 is 4.39 Å². The summed E-state index contributed by atoms with van der Waals surface area (Å²) < 4.78 is 13.0. The van der Waals surface area contributed by atoms with Crippen molar-refractivity contribution in [2.45, 2.75) is 19.5 Å². The maximum atomic E-state index is 13.0. The Kier molecular flexibility index (Phi) is 5.37. The molecule has 2 aromatic rings. The number of hydrogen-bond acceptors (Lipinski definition) is 5. The molecule has 5 nitrogen and oxygen atoms in total. The molecular formula is C18H24FN5. The van der Waals surface area contributed by atoms with Crippen molar-refractivity contribution in [1.29, 1.82) is 0 Å². The summed E-state index contributed by atoms with van der Waals surface area (Å²) in [5, 5.41) is 3.42. The fraction of sp³-hybridized carbons (Fsp3) is 0.444. The Labute approximate surface area is 142 Å². The van der Waals surface area contributed by atoms with Gasteiger partial charge in [0.2, 0.25) is 5.95 Å². The lowest BCUT2D eigenvalue weighted by Crippen LogP contribution is -2.45. The molecule has 1 aliphatic rings. The fourth-order valence-corrected chi connectivity index (χ4v) is 2.75. The Morgan fingerprint density at radius 3 is 2.33 bits per heavy atom. The van der Waals surface area contributed by atoms with Gasteiger partial charge in [-0.2, -0.15) is 0 Å². The van der Waals surface area contributed by atoms with Crippen LogP contribution in [0.2, 0.25) is 0 Å². The first-order valence-corrected chi connectivity index (χ1v) is 8.35. The Balaban J connectivity index is 1.53. The number of aromatic nitrogens is 2. The lowest BCUT2D eigenvalue weighted by molar-refractivity contribution is 0.311. The van der Waals surface area contributed by atoms with E-state index in [0.29, 0.717) is 6.54 Å². The molecule has 1 atom stereocenters. The first-order valence-electron chi connectivity index (χ1n) is 8.35. The Morgan fingerprint density at radius 2 is 1.71 bits per heavy atom. The van der Waals surface area contributed by atoms with E-state index >= 15 is 0 Å². The van der Waals surface area contributed by atoms with E-state index in [1.165, 1.54) is 12.1 Å². The molecule has 0 aliphatic carbocycles. The number of nitrogens with one attached hydrogen (secondary N) is 1. The molecule has 1 aromatic heterocycles. The highest BCUT2D eigenvalue weighted by Crippen LogP contribution is 2.14. The van der Waals surface area contributed by atoms with Crippen molar-refractivity contribution in [3.63, 3.8) is 0 Å². The minimum absolute atomic E-state index is 0.142. The van der Waals surface area contributed by atoms with Crippen LogP contribution in [0, 0.1) is 5.82 Å². The van der Waals surface area contributed by atoms with Crippen LogP contribution in [0.4, 0.5) is 10.3 Å². The van der Waals surface area contributed by atoms with Gasteiger partial charge < -0.3 is 15.1 Å². The van der Waals surface area contributed by atoms with Crippen molar-refractivity contribution >= 4 is 5.95 Å². The average Bonchev–Trinajstić information content (AvgIpc) is 2.61. The van der Waals surface area contributed by atoms with Gasteiger partial charge in [0, 0.05) is 56.7 Å². The van der Waals surface area contributed by atoms with Crippen molar-refractivity contribution in [2.75, 3.05) is 38.1 Å². The van der Waals surface area contributed by atoms with Crippen molar-refractivity contribution in [3.8, 4) is 0 Å². The van der Waals surface area contributed by atoms with Crippen LogP contribution in [0.3, 0.4) is 0 Å². The van der Waals surface area contributed by atoms with Crippen LogP contribution in [0.1, 0.15) is 24.1 Å².